The molecule has 5 aliphatic heterocycles. The third-order valence-corrected chi connectivity index (χ3v) is 19.7. The van der Waals surface area contributed by atoms with Crippen molar-refractivity contribution >= 4 is 45.6 Å². The van der Waals surface area contributed by atoms with Crippen molar-refractivity contribution in [3.63, 3.8) is 0 Å². The highest BCUT2D eigenvalue weighted by atomic mass is 19.1. The average Bonchev–Trinajstić information content (AvgIpc) is 1.67. The molecule has 0 bridgehead atoms. The second-order valence-electron chi connectivity index (χ2n) is 25.5. The first kappa shape index (κ1) is 61.1. The van der Waals surface area contributed by atoms with E-state index in [1.54, 1.807) is 67.8 Å². The largest absolute Gasteiger partial charge is 0.496 e. The molecule has 5 saturated heterocycles. The van der Waals surface area contributed by atoms with Crippen molar-refractivity contribution in [2.24, 2.45) is 17.8 Å². The minimum absolute atomic E-state index is 0.000556. The summed E-state index contributed by atoms with van der Waals surface area (Å²) in [7, 11) is 1.58. The molecule has 20 nitrogen and oxygen atoms in total. The molecule has 0 spiro atoms. The SMILES string of the molecule is COc1cc(C(=O)C2CC2C2CC(C(=O)c3ccc(COc4cccc(C5CCN(Cc6nc7ccc(C(=O)O)cc7n6C[C@@H]6CCO6)CC5)n4)c(F)c3)CCO2)ccc1COc1cccc(C2CCN(Cc3nc4ccc(C(=O)O)cc4n3C[C@@H]3CCO3)CC2)n1. The van der Waals surface area contributed by atoms with Gasteiger partial charge in [0.25, 0.3) is 0 Å². The molecule has 6 atom stereocenters. The van der Waals surface area contributed by atoms with Crippen molar-refractivity contribution in [3.05, 3.63) is 171 Å². The van der Waals surface area contributed by atoms with Gasteiger partial charge in [-0.15, -0.1) is 0 Å². The van der Waals surface area contributed by atoms with Crippen LogP contribution in [0, 0.1) is 23.6 Å². The number of likely N-dealkylation sites (tertiary alicyclic amines) is 2. The average molecular weight is 1250 g/mol. The molecule has 2 N–H and O–H groups in total. The fourth-order valence-electron chi connectivity index (χ4n) is 14.1. The number of fused-ring (bicyclic) bond motifs is 2. The number of methoxy groups -OCH3 is 1. The molecular weight excluding hydrogens is 1180 g/mol. The lowest BCUT2D eigenvalue weighted by atomic mass is 9.86. The lowest BCUT2D eigenvalue weighted by Gasteiger charge is -2.32. The number of pyridine rings is 2. The van der Waals surface area contributed by atoms with Crippen LogP contribution >= 0.6 is 0 Å². The summed E-state index contributed by atoms with van der Waals surface area (Å²) in [6.07, 6.45) is 7.01. The van der Waals surface area contributed by atoms with Gasteiger partial charge in [-0.3, -0.25) is 19.4 Å². The number of carboxylic acid groups (broad SMARTS) is 2. The Hall–Kier alpha value is -8.47. The van der Waals surface area contributed by atoms with Gasteiger partial charge in [0.1, 0.15) is 36.4 Å². The third kappa shape index (κ3) is 13.3. The number of ether oxygens (including phenoxy) is 6. The summed E-state index contributed by atoms with van der Waals surface area (Å²) in [5.41, 5.74) is 7.45. The molecule has 4 aromatic carbocycles. The molecule has 0 amide bonds. The molecule has 478 valence electrons. The number of hydrogen-bond acceptors (Lipinski definition) is 16. The molecule has 1 aliphatic carbocycles. The van der Waals surface area contributed by atoms with E-state index in [-0.39, 0.29) is 83.8 Å². The molecule has 6 fully saturated rings. The van der Waals surface area contributed by atoms with Gasteiger partial charge in [0, 0.05) is 89.3 Å². The summed E-state index contributed by atoms with van der Waals surface area (Å²) in [5, 5.41) is 19.3. The zero-order valence-corrected chi connectivity index (χ0v) is 51.5. The van der Waals surface area contributed by atoms with Crippen LogP contribution in [0.4, 0.5) is 4.39 Å². The van der Waals surface area contributed by atoms with Crippen LogP contribution in [0.25, 0.3) is 22.1 Å². The Morgan fingerprint density at radius 1 is 0.554 bits per heavy atom. The smallest absolute Gasteiger partial charge is 0.335 e. The Morgan fingerprint density at radius 3 is 1.55 bits per heavy atom. The number of rotatable bonds is 24. The summed E-state index contributed by atoms with van der Waals surface area (Å²) >= 11 is 0. The lowest BCUT2D eigenvalue weighted by molar-refractivity contribution is -0.0593. The summed E-state index contributed by atoms with van der Waals surface area (Å²) in [6.45, 7) is 7.88. The molecule has 4 aromatic heterocycles. The zero-order valence-electron chi connectivity index (χ0n) is 51.5. The Morgan fingerprint density at radius 2 is 1.05 bits per heavy atom. The summed E-state index contributed by atoms with van der Waals surface area (Å²) in [5.74, 6) is 0.420. The van der Waals surface area contributed by atoms with Gasteiger partial charge in [0.05, 0.1) is 84.8 Å². The molecule has 9 heterocycles. The molecule has 4 unspecified atom stereocenters. The van der Waals surface area contributed by atoms with Crippen molar-refractivity contribution in [2.75, 3.05) is 53.1 Å². The maximum atomic E-state index is 15.8. The Balaban J connectivity index is 0.531. The molecule has 92 heavy (non-hydrogen) atoms. The number of nitrogens with zero attached hydrogens (tertiary/aromatic N) is 8. The number of carbonyl (C=O) groups excluding carboxylic acids is 2. The van der Waals surface area contributed by atoms with Gasteiger partial charge in [-0.25, -0.2) is 33.9 Å². The summed E-state index contributed by atoms with van der Waals surface area (Å²) in [6, 6.07) is 31.8. The Labute approximate surface area is 531 Å². The molecule has 1 saturated carbocycles. The van der Waals surface area contributed by atoms with Crippen molar-refractivity contribution in [2.45, 2.75) is 127 Å². The first-order valence-corrected chi connectivity index (χ1v) is 32.3. The number of imidazole rings is 2. The van der Waals surface area contributed by atoms with Gasteiger partial charge in [-0.05, 0) is 151 Å². The van der Waals surface area contributed by atoms with Crippen LogP contribution in [0.1, 0.15) is 145 Å². The zero-order chi connectivity index (χ0) is 63.0. The topological polar surface area (TPSA) is 232 Å². The number of carboxylic acids is 2. The number of hydrogen-bond donors (Lipinski definition) is 2. The maximum Gasteiger partial charge on any atom is 0.335 e. The third-order valence-electron chi connectivity index (χ3n) is 19.7. The standard InChI is InChI=1S/C71H75FN8O12/c1-87-62-33-45(9-11-50(62)41-92-67-7-3-5-57(76-67)43-18-25-78(26-19-43)39-65-74-59-15-13-48(71(85)86)32-61(59)80(65)37-52-22-29-89-52)69(82)54-35-53(54)63-34-46(20-27-90-63)68(81)44-8-10-49(55(72)30-44)40-91-66-6-2-4-56(75-66)42-16-23-77(24-17-42)38-64-73-58-14-12-47(70(83)84)31-60(58)79(64)36-51-21-28-88-51/h2-15,30-33,42-43,46,51-54,63H,16-29,34-41H2,1H3,(H,83,84)(H,85,86)/t46?,51-,52-,53?,54?,63?/m0/s1. The second kappa shape index (κ2) is 26.6. The van der Waals surface area contributed by atoms with E-state index < -0.39 is 17.8 Å². The highest BCUT2D eigenvalue weighted by Crippen LogP contribution is 2.48. The van der Waals surface area contributed by atoms with Crippen LogP contribution in [0.5, 0.6) is 17.5 Å². The van der Waals surface area contributed by atoms with Crippen LogP contribution in [0.2, 0.25) is 0 Å². The predicted octanol–water partition coefficient (Wildman–Crippen LogP) is 10.7. The molecule has 14 rings (SSSR count). The number of Topliss-reactive ketones (excluding diaryl/α,β-unsaturated/α-hetero) is 2. The second-order valence-corrected chi connectivity index (χ2v) is 25.5. The first-order chi connectivity index (χ1) is 44.8. The van der Waals surface area contributed by atoms with E-state index in [1.165, 1.54) is 6.07 Å². The number of aromatic nitrogens is 6. The van der Waals surface area contributed by atoms with E-state index in [0.717, 1.165) is 129 Å². The van der Waals surface area contributed by atoms with Crippen LogP contribution in [-0.4, -0.2) is 144 Å². The fourth-order valence-corrected chi connectivity index (χ4v) is 14.1. The number of ketones is 2. The molecular formula is C71H75FN8O12. The van der Waals surface area contributed by atoms with E-state index in [1.807, 2.05) is 36.4 Å². The number of aromatic carboxylic acids is 2. The van der Waals surface area contributed by atoms with Crippen molar-refractivity contribution in [3.8, 4) is 17.5 Å². The highest BCUT2D eigenvalue weighted by molar-refractivity contribution is 6.00. The van der Waals surface area contributed by atoms with Gasteiger partial charge in [0.15, 0.2) is 11.6 Å². The predicted molar refractivity (Wildman–Crippen MR) is 336 cm³/mol. The number of halogens is 1. The maximum absolute atomic E-state index is 15.8. The molecule has 21 heteroatoms. The van der Waals surface area contributed by atoms with E-state index in [9.17, 15) is 29.4 Å². The summed E-state index contributed by atoms with van der Waals surface area (Å²) in [4.78, 5) is 76.0. The minimum atomic E-state index is -0.970. The van der Waals surface area contributed by atoms with Crippen molar-refractivity contribution in [1.82, 2.24) is 38.9 Å². The number of benzene rings is 4. The van der Waals surface area contributed by atoms with E-state index in [2.05, 4.69) is 25.0 Å². The molecule has 6 aliphatic rings. The van der Waals surface area contributed by atoms with Crippen molar-refractivity contribution in [1.29, 1.82) is 0 Å². The van der Waals surface area contributed by atoms with Crippen LogP contribution in [-0.2, 0) is 53.6 Å². The Kier molecular flexibility index (Phi) is 17.7. The minimum Gasteiger partial charge on any atom is -0.496 e. The fraction of sp³-hybridized carbons (Fsp3) is 0.437. The van der Waals surface area contributed by atoms with Gasteiger partial charge in [-0.2, -0.15) is 0 Å². The number of carbonyl (C=O) groups is 4. The summed E-state index contributed by atoms with van der Waals surface area (Å²) < 4.78 is 55.9. The van der Waals surface area contributed by atoms with E-state index >= 15 is 4.39 Å². The van der Waals surface area contributed by atoms with Crippen LogP contribution < -0.4 is 14.2 Å². The van der Waals surface area contributed by atoms with Gasteiger partial charge in [-0.1, -0.05) is 36.4 Å². The van der Waals surface area contributed by atoms with Gasteiger partial charge >= 0.3 is 11.9 Å². The van der Waals surface area contributed by atoms with Crippen molar-refractivity contribution < 1.29 is 62.2 Å². The molecule has 8 aromatic rings. The van der Waals surface area contributed by atoms with Crippen LogP contribution in [0.15, 0.2) is 109 Å². The Bertz CT molecular complexity index is 4070. The lowest BCUT2D eigenvalue weighted by Crippen LogP contribution is -2.35. The van der Waals surface area contributed by atoms with E-state index in [4.69, 9.17) is 48.4 Å². The molecule has 0 radical (unpaired) electrons. The van der Waals surface area contributed by atoms with Gasteiger partial charge < -0.3 is 47.8 Å². The quantitative estimate of drug-likeness (QED) is 0.0536. The van der Waals surface area contributed by atoms with E-state index in [0.29, 0.717) is 86.2 Å². The first-order valence-electron chi connectivity index (χ1n) is 32.3. The van der Waals surface area contributed by atoms with Crippen LogP contribution in [0.3, 0.4) is 0 Å². The number of piperidine rings is 2. The normalized spacial score (nSPS) is 22.2. The highest BCUT2D eigenvalue weighted by Gasteiger charge is 2.50. The monoisotopic (exact) mass is 1250 g/mol. The van der Waals surface area contributed by atoms with Gasteiger partial charge in [0.2, 0.25) is 11.8 Å².